The van der Waals surface area contributed by atoms with Crippen LogP contribution in [-0.4, -0.2) is 58.9 Å². The number of fused-ring (bicyclic) bond motifs is 2. The van der Waals surface area contributed by atoms with Gasteiger partial charge >= 0.3 is 0 Å². The van der Waals surface area contributed by atoms with Crippen LogP contribution in [0.25, 0.3) is 11.3 Å². The van der Waals surface area contributed by atoms with Crippen molar-refractivity contribution >= 4 is 11.7 Å². The molecule has 2 unspecified atom stereocenters. The number of amides is 1. The number of benzene rings is 1. The molecule has 3 saturated heterocycles. The van der Waals surface area contributed by atoms with Crippen molar-refractivity contribution in [2.45, 2.75) is 55.9 Å². The van der Waals surface area contributed by atoms with Gasteiger partial charge in [0.25, 0.3) is 0 Å². The molecule has 2 bridgehead atoms. The number of carbonyl (C=O) groups is 1. The zero-order valence-corrected chi connectivity index (χ0v) is 16.9. The number of rotatable bonds is 4. The number of aromatic nitrogens is 2. The van der Waals surface area contributed by atoms with Gasteiger partial charge in [-0.1, -0.05) is 6.07 Å². The molecule has 5 rings (SSSR count). The SMILES string of the molecule is CN(c1cnc(-c2ccc([C@H]3CNC(=O)C3)cc2O)cn1)[C@H]1CC2CCC(N2)[C@H]1F. The predicted octanol–water partition coefficient (Wildman–Crippen LogP) is 2.12. The third-order valence-electron chi connectivity index (χ3n) is 6.80. The monoisotopic (exact) mass is 411 g/mol. The Bertz CT molecular complexity index is 953. The average molecular weight is 411 g/mol. The Labute approximate surface area is 174 Å². The largest absolute Gasteiger partial charge is 0.507 e. The lowest BCUT2D eigenvalue weighted by Crippen LogP contribution is -2.55. The molecular formula is C22H26FN5O2. The quantitative estimate of drug-likeness (QED) is 0.714. The van der Waals surface area contributed by atoms with Crippen LogP contribution in [0, 0.1) is 0 Å². The molecule has 3 N–H and O–H groups in total. The molecule has 1 aromatic heterocycles. The molecule has 8 heteroatoms. The summed E-state index contributed by atoms with van der Waals surface area (Å²) in [7, 11) is 1.87. The van der Waals surface area contributed by atoms with Crippen LogP contribution in [0.15, 0.2) is 30.6 Å². The van der Waals surface area contributed by atoms with E-state index in [9.17, 15) is 14.3 Å². The number of carbonyl (C=O) groups excluding carboxylic acids is 1. The second-order valence-electron chi connectivity index (χ2n) is 8.65. The smallest absolute Gasteiger partial charge is 0.220 e. The number of phenolic OH excluding ortho intramolecular Hbond substituents is 1. The Balaban J connectivity index is 1.33. The predicted molar refractivity (Wildman–Crippen MR) is 111 cm³/mol. The van der Waals surface area contributed by atoms with Gasteiger partial charge in [-0.05, 0) is 37.0 Å². The molecular weight excluding hydrogens is 385 g/mol. The van der Waals surface area contributed by atoms with Gasteiger partial charge in [0.1, 0.15) is 17.7 Å². The van der Waals surface area contributed by atoms with Crippen LogP contribution in [0.2, 0.25) is 0 Å². The highest BCUT2D eigenvalue weighted by molar-refractivity contribution is 5.79. The van der Waals surface area contributed by atoms with Gasteiger partial charge in [-0.15, -0.1) is 0 Å². The molecule has 0 saturated carbocycles. The number of hydrogen-bond acceptors (Lipinski definition) is 6. The topological polar surface area (TPSA) is 90.4 Å². The van der Waals surface area contributed by atoms with Crippen molar-refractivity contribution in [3.63, 3.8) is 0 Å². The number of nitrogens with one attached hydrogen (secondary N) is 2. The average Bonchev–Trinajstić information content (AvgIpc) is 3.37. The zero-order valence-electron chi connectivity index (χ0n) is 16.9. The van der Waals surface area contributed by atoms with Crippen LogP contribution >= 0.6 is 0 Å². The number of aromatic hydroxyl groups is 1. The van der Waals surface area contributed by atoms with Gasteiger partial charge < -0.3 is 20.6 Å². The number of halogens is 1. The van der Waals surface area contributed by atoms with E-state index in [-0.39, 0.29) is 29.7 Å². The second-order valence-corrected chi connectivity index (χ2v) is 8.65. The molecule has 3 aliphatic rings. The van der Waals surface area contributed by atoms with E-state index in [2.05, 4.69) is 20.6 Å². The van der Waals surface area contributed by atoms with Crippen LogP contribution in [0.4, 0.5) is 10.2 Å². The van der Waals surface area contributed by atoms with Crippen molar-refractivity contribution in [3.8, 4) is 17.0 Å². The first kappa shape index (κ1) is 19.2. The Morgan fingerprint density at radius 1 is 1.23 bits per heavy atom. The molecule has 1 amide bonds. The summed E-state index contributed by atoms with van der Waals surface area (Å²) < 4.78 is 14.9. The normalized spacial score (nSPS) is 30.3. The Morgan fingerprint density at radius 3 is 2.80 bits per heavy atom. The van der Waals surface area contributed by atoms with E-state index in [4.69, 9.17) is 0 Å². The maximum atomic E-state index is 14.9. The van der Waals surface area contributed by atoms with Gasteiger partial charge in [-0.2, -0.15) is 0 Å². The summed E-state index contributed by atoms with van der Waals surface area (Å²) in [6.45, 7) is 0.590. The Morgan fingerprint density at radius 2 is 2.10 bits per heavy atom. The van der Waals surface area contributed by atoms with Gasteiger partial charge in [0, 0.05) is 43.6 Å². The minimum Gasteiger partial charge on any atom is -0.507 e. The number of piperidine rings is 1. The lowest BCUT2D eigenvalue weighted by atomic mass is 9.96. The molecule has 2 aromatic rings. The van der Waals surface area contributed by atoms with E-state index in [1.54, 1.807) is 18.5 Å². The summed E-state index contributed by atoms with van der Waals surface area (Å²) >= 11 is 0. The fourth-order valence-electron chi connectivity index (χ4n) is 5.02. The lowest BCUT2D eigenvalue weighted by molar-refractivity contribution is -0.119. The number of hydrogen-bond donors (Lipinski definition) is 3. The van der Waals surface area contributed by atoms with Gasteiger partial charge in [0.05, 0.1) is 24.1 Å². The van der Waals surface area contributed by atoms with Gasteiger partial charge in [0.15, 0.2) is 0 Å². The molecule has 0 spiro atoms. The van der Waals surface area contributed by atoms with Crippen LogP contribution in [0.5, 0.6) is 5.75 Å². The molecule has 3 aliphatic heterocycles. The van der Waals surface area contributed by atoms with Crippen molar-refractivity contribution < 1.29 is 14.3 Å². The standard InChI is InChI=1S/C22H26FN5O2/c1-28(18-8-14-3-5-16(27-14)22(18)23)20-11-24-17(10-25-20)15-4-2-12(6-19(15)29)13-7-21(30)26-9-13/h2,4,6,10-11,13-14,16,18,22,27,29H,3,5,7-9H2,1H3,(H,26,30)/t13-,14?,16?,18+,22-/m1/s1. The number of anilines is 1. The fourth-order valence-corrected chi connectivity index (χ4v) is 5.02. The molecule has 0 aliphatic carbocycles. The van der Waals surface area contributed by atoms with Crippen molar-refractivity contribution in [2.24, 2.45) is 0 Å². The molecule has 158 valence electrons. The van der Waals surface area contributed by atoms with Crippen LogP contribution in [0.3, 0.4) is 0 Å². The van der Waals surface area contributed by atoms with Crippen molar-refractivity contribution in [1.29, 1.82) is 0 Å². The highest BCUT2D eigenvalue weighted by Crippen LogP contribution is 2.35. The van der Waals surface area contributed by atoms with Crippen molar-refractivity contribution in [2.75, 3.05) is 18.5 Å². The first-order chi connectivity index (χ1) is 14.5. The highest BCUT2D eigenvalue weighted by atomic mass is 19.1. The van der Waals surface area contributed by atoms with E-state index in [1.807, 2.05) is 24.1 Å². The number of nitrogens with zero attached hydrogens (tertiary/aromatic N) is 3. The Kier molecular flexibility index (Phi) is 4.81. The first-order valence-electron chi connectivity index (χ1n) is 10.5. The maximum absolute atomic E-state index is 14.9. The second kappa shape index (κ2) is 7.50. The molecule has 1 aromatic carbocycles. The van der Waals surface area contributed by atoms with Crippen LogP contribution in [-0.2, 0) is 4.79 Å². The molecule has 0 radical (unpaired) electrons. The molecule has 7 nitrogen and oxygen atoms in total. The van der Waals surface area contributed by atoms with Crippen LogP contribution in [0.1, 0.15) is 37.2 Å². The minimum atomic E-state index is -0.927. The fraction of sp³-hybridized carbons (Fsp3) is 0.500. The third kappa shape index (κ3) is 3.39. The minimum absolute atomic E-state index is 0.0337. The van der Waals surface area contributed by atoms with E-state index in [1.165, 1.54) is 0 Å². The highest BCUT2D eigenvalue weighted by Gasteiger charge is 2.43. The summed E-state index contributed by atoms with van der Waals surface area (Å²) in [5.74, 6) is 0.847. The first-order valence-corrected chi connectivity index (χ1v) is 10.5. The zero-order chi connectivity index (χ0) is 20.8. The molecule has 5 atom stereocenters. The van der Waals surface area contributed by atoms with Crippen molar-refractivity contribution in [3.05, 3.63) is 36.2 Å². The molecule has 30 heavy (non-hydrogen) atoms. The third-order valence-corrected chi connectivity index (χ3v) is 6.80. The van der Waals surface area contributed by atoms with E-state index in [0.29, 0.717) is 36.1 Å². The lowest BCUT2D eigenvalue weighted by Gasteiger charge is -2.38. The van der Waals surface area contributed by atoms with Gasteiger partial charge in [-0.3, -0.25) is 9.78 Å². The van der Waals surface area contributed by atoms with E-state index >= 15 is 0 Å². The summed E-state index contributed by atoms with van der Waals surface area (Å²) in [6.07, 6.45) is 5.44. The molecule has 3 fully saturated rings. The summed E-state index contributed by atoms with van der Waals surface area (Å²) in [5.41, 5.74) is 2.06. The molecule has 4 heterocycles. The van der Waals surface area contributed by atoms with Gasteiger partial charge in [-0.25, -0.2) is 9.37 Å². The maximum Gasteiger partial charge on any atom is 0.220 e. The van der Waals surface area contributed by atoms with Crippen molar-refractivity contribution in [1.82, 2.24) is 20.6 Å². The van der Waals surface area contributed by atoms with E-state index in [0.717, 1.165) is 24.8 Å². The summed E-state index contributed by atoms with van der Waals surface area (Å²) in [4.78, 5) is 22.3. The van der Waals surface area contributed by atoms with Gasteiger partial charge in [0.2, 0.25) is 5.91 Å². The number of alkyl halides is 1. The number of phenols is 1. The summed E-state index contributed by atoms with van der Waals surface area (Å²) in [6, 6.07) is 5.52. The summed E-state index contributed by atoms with van der Waals surface area (Å²) in [5, 5.41) is 16.7. The Hall–Kier alpha value is -2.74. The van der Waals surface area contributed by atoms with Crippen LogP contribution < -0.4 is 15.5 Å². The van der Waals surface area contributed by atoms with E-state index < -0.39 is 6.17 Å².